The van der Waals surface area contributed by atoms with Gasteiger partial charge in [0.15, 0.2) is 0 Å². The first-order valence-corrected chi connectivity index (χ1v) is 7.51. The molecule has 0 aliphatic carbocycles. The zero-order chi connectivity index (χ0) is 15.0. The van der Waals surface area contributed by atoms with Gasteiger partial charge in [-0.2, -0.15) is 0 Å². The number of aromatic nitrogens is 1. The Morgan fingerprint density at radius 3 is 2.81 bits per heavy atom. The first-order chi connectivity index (χ1) is 10.1. The van der Waals surface area contributed by atoms with E-state index in [2.05, 4.69) is 29.5 Å². The minimum Gasteiger partial charge on any atom is -0.342 e. The van der Waals surface area contributed by atoms with E-state index in [1.54, 1.807) is 12.1 Å². The van der Waals surface area contributed by atoms with Gasteiger partial charge in [0.05, 0.1) is 4.92 Å². The molecule has 0 spiro atoms. The smallest absolute Gasteiger partial charge is 0.270 e. The summed E-state index contributed by atoms with van der Waals surface area (Å²) in [5.41, 5.74) is 2.48. The molecule has 5 nitrogen and oxygen atoms in total. The highest BCUT2D eigenvalue weighted by atomic mass is 16.6. The third-order valence-electron chi connectivity index (χ3n) is 4.51. The second kappa shape index (κ2) is 5.48. The van der Waals surface area contributed by atoms with E-state index >= 15 is 0 Å². The van der Waals surface area contributed by atoms with Crippen molar-refractivity contribution in [2.75, 3.05) is 20.1 Å². The average molecular weight is 287 g/mol. The topological polar surface area (TPSA) is 51.3 Å². The summed E-state index contributed by atoms with van der Waals surface area (Å²) in [5.74, 6) is 0. The van der Waals surface area contributed by atoms with Crippen molar-refractivity contribution >= 4 is 16.6 Å². The third-order valence-corrected chi connectivity index (χ3v) is 4.51. The first kappa shape index (κ1) is 14.1. The Kier molecular flexibility index (Phi) is 3.68. The maximum Gasteiger partial charge on any atom is 0.270 e. The lowest BCUT2D eigenvalue weighted by Crippen LogP contribution is -2.19. The number of rotatable bonds is 2. The van der Waals surface area contributed by atoms with Gasteiger partial charge in [-0.25, -0.2) is 0 Å². The minimum absolute atomic E-state index is 0.167. The number of hydrogen-bond donors (Lipinski definition) is 0. The molecule has 0 amide bonds. The fourth-order valence-corrected chi connectivity index (χ4v) is 3.44. The summed E-state index contributed by atoms with van der Waals surface area (Å²) < 4.78 is 2.37. The molecule has 3 rings (SSSR count). The van der Waals surface area contributed by atoms with Crippen LogP contribution in [0.1, 0.15) is 31.0 Å². The van der Waals surface area contributed by atoms with Gasteiger partial charge in [-0.3, -0.25) is 10.1 Å². The predicted octanol–water partition coefficient (Wildman–Crippen LogP) is 3.51. The van der Waals surface area contributed by atoms with Crippen molar-refractivity contribution in [3.05, 3.63) is 40.1 Å². The number of hydrogen-bond acceptors (Lipinski definition) is 3. The number of nitro benzene ring substituents is 1. The van der Waals surface area contributed by atoms with Crippen molar-refractivity contribution in [2.45, 2.75) is 32.2 Å². The van der Waals surface area contributed by atoms with Crippen LogP contribution in [0.5, 0.6) is 0 Å². The van der Waals surface area contributed by atoms with Crippen LogP contribution in [0.15, 0.2) is 24.3 Å². The molecular formula is C16H21N3O2. The molecule has 1 aromatic carbocycles. The van der Waals surface area contributed by atoms with E-state index in [0.717, 1.165) is 30.4 Å². The van der Waals surface area contributed by atoms with Crippen LogP contribution in [0.4, 0.5) is 5.69 Å². The number of fused-ring (bicyclic) bond motifs is 1. The Bertz CT molecular complexity index is 677. The highest BCUT2D eigenvalue weighted by Gasteiger charge is 2.20. The lowest BCUT2D eigenvalue weighted by Gasteiger charge is -2.20. The van der Waals surface area contributed by atoms with Gasteiger partial charge in [0, 0.05) is 34.8 Å². The molecule has 2 aromatic rings. The Labute approximate surface area is 124 Å². The maximum absolute atomic E-state index is 10.9. The average Bonchev–Trinajstić information content (AvgIpc) is 2.62. The second-order valence-electron chi connectivity index (χ2n) is 6.04. The largest absolute Gasteiger partial charge is 0.342 e. The van der Waals surface area contributed by atoms with Gasteiger partial charge in [0.1, 0.15) is 0 Å². The van der Waals surface area contributed by atoms with Crippen molar-refractivity contribution in [2.24, 2.45) is 0 Å². The molecule has 1 fully saturated rings. The molecule has 0 radical (unpaired) electrons. The molecule has 21 heavy (non-hydrogen) atoms. The predicted molar refractivity (Wildman–Crippen MR) is 83.7 cm³/mol. The number of aryl methyl sites for hydroxylation is 1. The molecule has 0 bridgehead atoms. The molecule has 1 saturated heterocycles. The van der Waals surface area contributed by atoms with Crippen LogP contribution in [0.2, 0.25) is 0 Å². The summed E-state index contributed by atoms with van der Waals surface area (Å²) in [5, 5.41) is 11.9. The SMILES string of the molecule is Cc1cc2cc([N+](=O)[O-])ccc2n1C1CCCN(C)CC1. The normalized spacial score (nSPS) is 20.6. The number of nitrogens with zero attached hydrogens (tertiary/aromatic N) is 3. The second-order valence-corrected chi connectivity index (χ2v) is 6.04. The van der Waals surface area contributed by atoms with Crippen molar-refractivity contribution in [1.82, 2.24) is 9.47 Å². The van der Waals surface area contributed by atoms with Gasteiger partial charge in [-0.05, 0) is 58.5 Å². The molecule has 1 unspecified atom stereocenters. The van der Waals surface area contributed by atoms with Crippen LogP contribution < -0.4 is 0 Å². The van der Waals surface area contributed by atoms with Gasteiger partial charge in [-0.15, -0.1) is 0 Å². The fraction of sp³-hybridized carbons (Fsp3) is 0.500. The molecule has 5 heteroatoms. The summed E-state index contributed by atoms with van der Waals surface area (Å²) in [6, 6.07) is 7.75. The highest BCUT2D eigenvalue weighted by molar-refractivity contribution is 5.83. The van der Waals surface area contributed by atoms with E-state index in [1.165, 1.54) is 18.5 Å². The van der Waals surface area contributed by atoms with E-state index in [4.69, 9.17) is 0 Å². The maximum atomic E-state index is 10.9. The lowest BCUT2D eigenvalue weighted by atomic mass is 10.1. The van der Waals surface area contributed by atoms with Crippen LogP contribution in [-0.4, -0.2) is 34.5 Å². The van der Waals surface area contributed by atoms with Crippen molar-refractivity contribution in [3.8, 4) is 0 Å². The van der Waals surface area contributed by atoms with Crippen LogP contribution in [-0.2, 0) is 0 Å². The first-order valence-electron chi connectivity index (χ1n) is 7.51. The van der Waals surface area contributed by atoms with Crippen LogP contribution >= 0.6 is 0 Å². The molecular weight excluding hydrogens is 266 g/mol. The van der Waals surface area contributed by atoms with Gasteiger partial charge >= 0.3 is 0 Å². The van der Waals surface area contributed by atoms with Gasteiger partial charge in [0.25, 0.3) is 5.69 Å². The number of likely N-dealkylation sites (tertiary alicyclic amines) is 1. The van der Waals surface area contributed by atoms with Crippen LogP contribution in [0.25, 0.3) is 10.9 Å². The molecule has 2 heterocycles. The zero-order valence-corrected chi connectivity index (χ0v) is 12.6. The molecule has 0 saturated carbocycles. The van der Waals surface area contributed by atoms with E-state index in [1.807, 2.05) is 6.07 Å². The van der Waals surface area contributed by atoms with E-state index in [0.29, 0.717) is 6.04 Å². The molecule has 0 N–H and O–H groups in total. The fourth-order valence-electron chi connectivity index (χ4n) is 3.44. The van der Waals surface area contributed by atoms with Gasteiger partial charge in [0.2, 0.25) is 0 Å². The molecule has 112 valence electrons. The Morgan fingerprint density at radius 1 is 1.24 bits per heavy atom. The summed E-state index contributed by atoms with van der Waals surface area (Å²) >= 11 is 0. The van der Waals surface area contributed by atoms with Crippen molar-refractivity contribution in [1.29, 1.82) is 0 Å². The van der Waals surface area contributed by atoms with E-state index < -0.39 is 0 Å². The minimum atomic E-state index is -0.327. The Morgan fingerprint density at radius 2 is 2.05 bits per heavy atom. The van der Waals surface area contributed by atoms with Crippen molar-refractivity contribution < 1.29 is 4.92 Å². The Hall–Kier alpha value is -1.88. The number of nitro groups is 1. The molecule has 1 aromatic heterocycles. The standard InChI is InChI=1S/C16H21N3O2/c1-12-10-13-11-15(19(20)21)5-6-16(13)18(12)14-4-3-8-17(2)9-7-14/h5-6,10-11,14H,3-4,7-9H2,1-2H3. The molecule has 1 atom stereocenters. The van der Waals surface area contributed by atoms with Gasteiger partial charge < -0.3 is 9.47 Å². The quantitative estimate of drug-likeness (QED) is 0.627. The lowest BCUT2D eigenvalue weighted by molar-refractivity contribution is -0.384. The van der Waals surface area contributed by atoms with E-state index in [9.17, 15) is 10.1 Å². The summed E-state index contributed by atoms with van der Waals surface area (Å²) in [7, 11) is 2.17. The summed E-state index contributed by atoms with van der Waals surface area (Å²) in [4.78, 5) is 13.0. The number of benzene rings is 1. The number of non-ortho nitro benzene ring substituents is 1. The van der Waals surface area contributed by atoms with E-state index in [-0.39, 0.29) is 10.6 Å². The molecule has 1 aliphatic rings. The highest BCUT2D eigenvalue weighted by Crippen LogP contribution is 2.31. The van der Waals surface area contributed by atoms with Crippen molar-refractivity contribution in [3.63, 3.8) is 0 Å². The summed E-state index contributed by atoms with van der Waals surface area (Å²) in [6.07, 6.45) is 3.51. The Balaban J connectivity index is 2.01. The van der Waals surface area contributed by atoms with Gasteiger partial charge in [-0.1, -0.05) is 0 Å². The zero-order valence-electron chi connectivity index (χ0n) is 12.6. The monoisotopic (exact) mass is 287 g/mol. The summed E-state index contributed by atoms with van der Waals surface area (Å²) in [6.45, 7) is 4.36. The molecule has 1 aliphatic heterocycles. The third kappa shape index (κ3) is 2.65. The van der Waals surface area contributed by atoms with Crippen LogP contribution in [0.3, 0.4) is 0 Å². The van der Waals surface area contributed by atoms with Crippen LogP contribution in [0, 0.1) is 17.0 Å².